The quantitative estimate of drug-likeness (QED) is 0.828. The highest BCUT2D eigenvalue weighted by Gasteiger charge is 2.34. The van der Waals surface area contributed by atoms with Crippen LogP contribution in [0.5, 0.6) is 5.75 Å². The van der Waals surface area contributed by atoms with Crippen LogP contribution in [-0.4, -0.2) is 29.2 Å². The maximum Gasteiger partial charge on any atom is 0.332 e. The second-order valence-corrected chi connectivity index (χ2v) is 5.96. The number of aliphatic carboxylic acids is 1. The molecule has 1 aliphatic rings. The van der Waals surface area contributed by atoms with Gasteiger partial charge in [-0.3, -0.25) is 4.79 Å². The maximum atomic E-state index is 12.9. The Morgan fingerprint density at radius 2 is 1.88 bits per heavy atom. The number of carboxylic acids is 1. The molecular weight excluding hydrogens is 341 g/mol. The topological polar surface area (TPSA) is 84.9 Å². The Kier molecular flexibility index (Phi) is 5.48. The van der Waals surface area contributed by atoms with Crippen LogP contribution >= 0.6 is 0 Å². The van der Waals surface area contributed by atoms with Crippen LogP contribution in [0.25, 0.3) is 0 Å². The number of carbonyl (C=O) groups is 2. The van der Waals surface area contributed by atoms with Crippen LogP contribution in [0.1, 0.15) is 18.4 Å². The van der Waals surface area contributed by atoms with Gasteiger partial charge in [-0.25, -0.2) is 9.18 Å². The van der Waals surface area contributed by atoms with Gasteiger partial charge in [0.2, 0.25) is 0 Å². The van der Waals surface area contributed by atoms with Gasteiger partial charge in [0.05, 0.1) is 0 Å². The molecule has 0 bridgehead atoms. The van der Waals surface area contributed by atoms with Gasteiger partial charge in [-0.2, -0.15) is 0 Å². The van der Waals surface area contributed by atoms with Crippen LogP contribution in [0.3, 0.4) is 0 Å². The van der Waals surface area contributed by atoms with Crippen molar-refractivity contribution in [2.75, 3.05) is 5.32 Å². The third-order valence-corrected chi connectivity index (χ3v) is 4.01. The summed E-state index contributed by atoms with van der Waals surface area (Å²) in [6.07, 6.45) is -1.03. The maximum absolute atomic E-state index is 12.9. The van der Waals surface area contributed by atoms with Gasteiger partial charge in [-0.15, -0.1) is 0 Å². The number of hydrogen-bond donors (Lipinski definition) is 2. The SMILES string of the molecule is O=C(Nc1cccc(OCc2ccc(F)cc2)c1)[C@@H]1CC[C@H](C(=O)O)O1. The molecule has 3 rings (SSSR count). The Morgan fingerprint density at radius 1 is 1.15 bits per heavy atom. The molecule has 26 heavy (non-hydrogen) atoms. The number of amides is 1. The highest BCUT2D eigenvalue weighted by molar-refractivity contribution is 5.94. The Balaban J connectivity index is 1.56. The summed E-state index contributed by atoms with van der Waals surface area (Å²) in [5.41, 5.74) is 1.34. The van der Waals surface area contributed by atoms with Gasteiger partial charge in [0, 0.05) is 11.8 Å². The second kappa shape index (κ2) is 7.97. The van der Waals surface area contributed by atoms with Crippen molar-refractivity contribution < 1.29 is 28.6 Å². The predicted octanol–water partition coefficient (Wildman–Crippen LogP) is 2.98. The van der Waals surface area contributed by atoms with E-state index in [2.05, 4.69) is 5.32 Å². The van der Waals surface area contributed by atoms with Gasteiger partial charge < -0.3 is 19.9 Å². The van der Waals surface area contributed by atoms with Crippen LogP contribution in [0.2, 0.25) is 0 Å². The summed E-state index contributed by atoms with van der Waals surface area (Å²) in [6.45, 7) is 0.268. The van der Waals surface area contributed by atoms with E-state index in [1.165, 1.54) is 12.1 Å². The van der Waals surface area contributed by atoms with E-state index in [1.807, 2.05) is 0 Å². The number of rotatable bonds is 6. The van der Waals surface area contributed by atoms with E-state index in [9.17, 15) is 14.0 Å². The highest BCUT2D eigenvalue weighted by atomic mass is 19.1. The van der Waals surface area contributed by atoms with Crippen LogP contribution in [0.15, 0.2) is 48.5 Å². The standard InChI is InChI=1S/C19H18FNO5/c20-13-6-4-12(5-7-13)11-25-15-3-1-2-14(10-15)21-18(22)16-8-9-17(26-16)19(23)24/h1-7,10,16-17H,8-9,11H2,(H,21,22)(H,23,24)/t16-,17+/m0/s1. The molecule has 2 atom stereocenters. The monoisotopic (exact) mass is 359 g/mol. The van der Waals surface area contributed by atoms with Gasteiger partial charge >= 0.3 is 5.97 Å². The zero-order chi connectivity index (χ0) is 18.5. The summed E-state index contributed by atoms with van der Waals surface area (Å²) in [5, 5.41) is 11.6. The number of halogens is 1. The first-order valence-corrected chi connectivity index (χ1v) is 8.18. The largest absolute Gasteiger partial charge is 0.489 e. The number of carboxylic acid groups (broad SMARTS) is 1. The molecule has 0 spiro atoms. The van der Waals surface area contributed by atoms with Crippen LogP contribution in [0, 0.1) is 5.82 Å². The molecule has 1 saturated heterocycles. The minimum Gasteiger partial charge on any atom is -0.489 e. The summed E-state index contributed by atoms with van der Waals surface area (Å²) in [6, 6.07) is 12.8. The van der Waals surface area contributed by atoms with Gasteiger partial charge in [0.25, 0.3) is 5.91 Å². The first-order chi connectivity index (χ1) is 12.5. The molecule has 2 aromatic carbocycles. The molecule has 136 valence electrons. The normalized spacial score (nSPS) is 19.1. The van der Waals surface area contributed by atoms with E-state index < -0.39 is 18.2 Å². The van der Waals surface area contributed by atoms with Crippen molar-refractivity contribution in [1.82, 2.24) is 0 Å². The van der Waals surface area contributed by atoms with Crippen LogP contribution < -0.4 is 10.1 Å². The Hall–Kier alpha value is -2.93. The molecule has 0 aromatic heterocycles. The fourth-order valence-electron chi connectivity index (χ4n) is 2.65. The van der Waals surface area contributed by atoms with Crippen molar-refractivity contribution in [2.45, 2.75) is 31.7 Å². The summed E-state index contributed by atoms with van der Waals surface area (Å²) < 4.78 is 23.8. The van der Waals surface area contributed by atoms with Crippen LogP contribution in [0.4, 0.5) is 10.1 Å². The van der Waals surface area contributed by atoms with E-state index in [1.54, 1.807) is 36.4 Å². The zero-order valence-corrected chi connectivity index (χ0v) is 13.9. The molecule has 6 nitrogen and oxygen atoms in total. The van der Waals surface area contributed by atoms with E-state index in [4.69, 9.17) is 14.6 Å². The lowest BCUT2D eigenvalue weighted by Gasteiger charge is -2.13. The smallest absolute Gasteiger partial charge is 0.332 e. The molecule has 7 heteroatoms. The third-order valence-electron chi connectivity index (χ3n) is 4.01. The molecular formula is C19H18FNO5. The number of ether oxygens (including phenoxy) is 2. The molecule has 0 unspecified atom stereocenters. The predicted molar refractivity (Wildman–Crippen MR) is 91.3 cm³/mol. The highest BCUT2D eigenvalue weighted by Crippen LogP contribution is 2.23. The number of nitrogens with one attached hydrogen (secondary N) is 1. The lowest BCUT2D eigenvalue weighted by Crippen LogP contribution is -2.29. The van der Waals surface area contributed by atoms with Gasteiger partial charge in [0.15, 0.2) is 6.10 Å². The fourth-order valence-corrected chi connectivity index (χ4v) is 2.65. The molecule has 1 aliphatic heterocycles. The number of anilines is 1. The summed E-state index contributed by atoms with van der Waals surface area (Å²) in [5.74, 6) is -1.21. The van der Waals surface area contributed by atoms with E-state index in [0.717, 1.165) is 5.56 Å². The average Bonchev–Trinajstić information content (AvgIpc) is 3.12. The molecule has 0 radical (unpaired) electrons. The Bertz CT molecular complexity index is 793. The fraction of sp³-hybridized carbons (Fsp3) is 0.263. The molecule has 2 N–H and O–H groups in total. The number of carbonyl (C=O) groups excluding carboxylic acids is 1. The average molecular weight is 359 g/mol. The molecule has 1 heterocycles. The number of hydrogen-bond acceptors (Lipinski definition) is 4. The molecule has 0 aliphatic carbocycles. The minimum atomic E-state index is -1.06. The first kappa shape index (κ1) is 17.9. The van der Waals surface area contributed by atoms with Crippen molar-refractivity contribution in [3.05, 3.63) is 59.9 Å². The van der Waals surface area contributed by atoms with Crippen molar-refractivity contribution in [2.24, 2.45) is 0 Å². The molecule has 1 amide bonds. The van der Waals surface area contributed by atoms with Crippen molar-refractivity contribution in [3.8, 4) is 5.75 Å². The van der Waals surface area contributed by atoms with Gasteiger partial charge in [-0.1, -0.05) is 18.2 Å². The van der Waals surface area contributed by atoms with Gasteiger partial charge in [-0.05, 0) is 42.7 Å². The lowest BCUT2D eigenvalue weighted by molar-refractivity contribution is -0.150. The third kappa shape index (κ3) is 4.58. The minimum absolute atomic E-state index is 0.268. The summed E-state index contributed by atoms with van der Waals surface area (Å²) in [7, 11) is 0. The first-order valence-electron chi connectivity index (χ1n) is 8.18. The second-order valence-electron chi connectivity index (χ2n) is 5.96. The van der Waals surface area contributed by atoms with Crippen LogP contribution in [-0.2, 0) is 20.9 Å². The van der Waals surface area contributed by atoms with E-state index in [0.29, 0.717) is 24.3 Å². The Labute approximate surface area is 149 Å². The summed E-state index contributed by atoms with van der Waals surface area (Å²) >= 11 is 0. The van der Waals surface area contributed by atoms with Crippen molar-refractivity contribution >= 4 is 17.6 Å². The number of benzene rings is 2. The molecule has 0 saturated carbocycles. The Morgan fingerprint density at radius 3 is 2.58 bits per heavy atom. The summed E-state index contributed by atoms with van der Waals surface area (Å²) in [4.78, 5) is 23.1. The molecule has 2 aromatic rings. The van der Waals surface area contributed by atoms with Gasteiger partial charge in [0.1, 0.15) is 24.3 Å². The molecule has 1 fully saturated rings. The lowest BCUT2D eigenvalue weighted by atomic mass is 10.2. The van der Waals surface area contributed by atoms with E-state index in [-0.39, 0.29) is 18.3 Å². The van der Waals surface area contributed by atoms with Crippen molar-refractivity contribution in [3.63, 3.8) is 0 Å². The van der Waals surface area contributed by atoms with Crippen molar-refractivity contribution in [1.29, 1.82) is 0 Å². The van der Waals surface area contributed by atoms with E-state index >= 15 is 0 Å². The zero-order valence-electron chi connectivity index (χ0n) is 13.9.